The van der Waals surface area contributed by atoms with Gasteiger partial charge in [0.2, 0.25) is 33.4 Å². The Morgan fingerprint density at radius 3 is 2.51 bits per heavy atom. The van der Waals surface area contributed by atoms with Crippen LogP contribution in [0.3, 0.4) is 0 Å². The van der Waals surface area contributed by atoms with E-state index in [-0.39, 0.29) is 36.4 Å². The van der Waals surface area contributed by atoms with Crippen molar-refractivity contribution in [2.75, 3.05) is 13.2 Å². The summed E-state index contributed by atoms with van der Waals surface area (Å²) < 4.78 is 81.6. The lowest BCUT2D eigenvalue weighted by atomic mass is 9.88. The quantitative estimate of drug-likeness (QED) is 0.282. The number of sulfonamides is 1. The van der Waals surface area contributed by atoms with E-state index in [1.165, 1.54) is 25.1 Å². The minimum Gasteiger partial charge on any atom is -0.494 e. The fourth-order valence-corrected chi connectivity index (χ4v) is 8.74. The van der Waals surface area contributed by atoms with Crippen LogP contribution >= 0.6 is 0 Å². The molecule has 0 bridgehead atoms. The Morgan fingerprint density at radius 2 is 1.85 bits per heavy atom. The van der Waals surface area contributed by atoms with Crippen molar-refractivity contribution >= 4 is 44.9 Å². The molecule has 15 nitrogen and oxygen atoms in total. The molecule has 1 aromatic carbocycles. The monoisotopic (exact) mass is 794 g/mol. The second-order valence-corrected chi connectivity index (χ2v) is 17.5. The number of fused-ring (bicyclic) bond motifs is 3. The van der Waals surface area contributed by atoms with Gasteiger partial charge in [-0.25, -0.2) is 23.2 Å². The van der Waals surface area contributed by atoms with E-state index in [0.717, 1.165) is 4.90 Å². The molecule has 4 aliphatic rings. The van der Waals surface area contributed by atoms with Gasteiger partial charge in [0.1, 0.15) is 29.5 Å². The fraction of sp³-hybridized carbons (Fsp3) is 0.611. The van der Waals surface area contributed by atoms with Crippen LogP contribution in [0, 0.1) is 17.8 Å². The largest absolute Gasteiger partial charge is 0.494 e. The van der Waals surface area contributed by atoms with Crippen LogP contribution in [0.4, 0.5) is 18.0 Å². The molecular formula is C36H45F3N6O9S. The molecule has 2 aliphatic carbocycles. The van der Waals surface area contributed by atoms with Crippen molar-refractivity contribution in [3.63, 3.8) is 0 Å². The second-order valence-electron chi connectivity index (χ2n) is 15.3. The van der Waals surface area contributed by atoms with Crippen molar-refractivity contribution in [3.8, 4) is 11.6 Å². The second kappa shape index (κ2) is 14.8. The molecule has 19 heteroatoms. The van der Waals surface area contributed by atoms with Crippen molar-refractivity contribution < 1.29 is 55.3 Å². The average Bonchev–Trinajstić information content (AvgIpc) is 3.98. The highest BCUT2D eigenvalue weighted by Crippen LogP contribution is 2.48. The molecule has 2 aromatic rings. The Bertz CT molecular complexity index is 2010. The summed E-state index contributed by atoms with van der Waals surface area (Å²) in [6, 6.07) is 1.35. The molecule has 1 aromatic heterocycles. The molecule has 0 unspecified atom stereocenters. The van der Waals surface area contributed by atoms with Crippen molar-refractivity contribution in [1.82, 2.24) is 30.2 Å². The molecule has 0 spiro atoms. The average molecular weight is 795 g/mol. The first-order valence-corrected chi connectivity index (χ1v) is 19.8. The molecular weight excluding hydrogens is 749 g/mol. The topological polar surface area (TPSA) is 206 Å². The van der Waals surface area contributed by atoms with Crippen LogP contribution in [-0.4, -0.2) is 93.8 Å². The van der Waals surface area contributed by atoms with Gasteiger partial charge in [-0.2, -0.15) is 13.2 Å². The first-order valence-electron chi connectivity index (χ1n) is 18.3. The lowest BCUT2D eigenvalue weighted by molar-refractivity contribution is -0.143. The highest BCUT2D eigenvalue weighted by atomic mass is 32.2. The van der Waals surface area contributed by atoms with Crippen LogP contribution in [0.15, 0.2) is 30.4 Å². The molecule has 2 saturated carbocycles. The number of benzene rings is 1. The number of aromatic nitrogens is 2. The standard InChI is InChI=1S/C36H45F3N6O9S/c1-5-53-22-10-11-24-25(15-22)41-30(28(40-24)36(37,38)39)54-23-16-26-29(46)43-35(32(48)44-55(51,52)34(4)12-13-34)17-21(35)9-7-6-8-19(2)14-20(3)27(42-33(49)50)31(47)45(26)18-23/h7,9-11,15,19-21,23,26-27,42H,5-6,8,12-14,16-18H2,1-4H3,(H,43,46)(H,44,48)(H,49,50)/t19-,20+,21+,23+,26-,27-,35+/m0/s1. The molecule has 1 saturated heterocycles. The molecule has 3 fully saturated rings. The molecule has 55 heavy (non-hydrogen) atoms. The number of hydrogen-bond donors (Lipinski definition) is 4. The van der Waals surface area contributed by atoms with Crippen LogP contribution in [0.1, 0.15) is 78.3 Å². The zero-order chi connectivity index (χ0) is 40.1. The molecule has 4 amide bonds. The number of hydrogen-bond acceptors (Lipinski definition) is 10. The van der Waals surface area contributed by atoms with Gasteiger partial charge in [-0.15, -0.1) is 0 Å². The number of rotatable bonds is 8. The van der Waals surface area contributed by atoms with Crippen molar-refractivity contribution in [2.24, 2.45) is 17.8 Å². The first kappa shape index (κ1) is 40.0. The summed E-state index contributed by atoms with van der Waals surface area (Å²) in [4.78, 5) is 63.3. The van der Waals surface area contributed by atoms with E-state index in [1.54, 1.807) is 19.9 Å². The van der Waals surface area contributed by atoms with Crippen molar-refractivity contribution in [3.05, 3.63) is 36.0 Å². The Morgan fingerprint density at radius 1 is 1.13 bits per heavy atom. The number of ether oxygens (including phenoxy) is 2. The maximum Gasteiger partial charge on any atom is 0.438 e. The Balaban J connectivity index is 1.37. The van der Waals surface area contributed by atoms with E-state index in [4.69, 9.17) is 9.47 Å². The van der Waals surface area contributed by atoms with Crippen LogP contribution in [0.2, 0.25) is 0 Å². The van der Waals surface area contributed by atoms with Gasteiger partial charge in [0.15, 0.2) is 0 Å². The predicted molar refractivity (Wildman–Crippen MR) is 190 cm³/mol. The normalized spacial score (nSPS) is 29.5. The number of allylic oxidation sites excluding steroid dienone is 1. The molecule has 4 N–H and O–H groups in total. The number of halogens is 3. The van der Waals surface area contributed by atoms with Crippen LogP contribution in [-0.2, 0) is 30.6 Å². The van der Waals surface area contributed by atoms with E-state index in [9.17, 15) is 45.9 Å². The number of carboxylic acid groups (broad SMARTS) is 1. The highest BCUT2D eigenvalue weighted by Gasteiger charge is 2.63. The zero-order valence-electron chi connectivity index (χ0n) is 30.8. The predicted octanol–water partition coefficient (Wildman–Crippen LogP) is 3.92. The summed E-state index contributed by atoms with van der Waals surface area (Å²) in [5.41, 5.74) is -3.20. The number of carbonyl (C=O) groups is 4. The smallest absolute Gasteiger partial charge is 0.438 e. The molecule has 6 rings (SSSR count). The summed E-state index contributed by atoms with van der Waals surface area (Å²) in [5.74, 6) is -4.40. The first-order chi connectivity index (χ1) is 25.8. The third-order valence-electron chi connectivity index (χ3n) is 11.0. The fourth-order valence-electron chi connectivity index (χ4n) is 7.43. The molecule has 7 atom stereocenters. The summed E-state index contributed by atoms with van der Waals surface area (Å²) >= 11 is 0. The lowest BCUT2D eigenvalue weighted by Crippen LogP contribution is -2.59. The van der Waals surface area contributed by atoms with E-state index in [1.807, 2.05) is 13.0 Å². The maximum atomic E-state index is 14.4. The maximum absolute atomic E-state index is 14.4. The third-order valence-corrected chi connectivity index (χ3v) is 13.1. The number of carbonyl (C=O) groups excluding carboxylic acids is 3. The van der Waals surface area contributed by atoms with Gasteiger partial charge >= 0.3 is 12.3 Å². The summed E-state index contributed by atoms with van der Waals surface area (Å²) in [6.45, 7) is 6.69. The van der Waals surface area contributed by atoms with Crippen LogP contribution in [0.25, 0.3) is 11.0 Å². The van der Waals surface area contributed by atoms with E-state index < -0.39 is 98.4 Å². The van der Waals surface area contributed by atoms with Gasteiger partial charge in [0.25, 0.3) is 5.91 Å². The lowest BCUT2D eigenvalue weighted by Gasteiger charge is -2.32. The molecule has 3 heterocycles. The van der Waals surface area contributed by atoms with E-state index in [2.05, 4.69) is 25.3 Å². The Kier molecular flexibility index (Phi) is 10.7. The van der Waals surface area contributed by atoms with Gasteiger partial charge in [-0.3, -0.25) is 19.1 Å². The van der Waals surface area contributed by atoms with Gasteiger partial charge in [0.05, 0.1) is 28.9 Å². The van der Waals surface area contributed by atoms with Gasteiger partial charge in [-0.05, 0) is 76.3 Å². The minimum atomic E-state index is -5.01. The van der Waals surface area contributed by atoms with Gasteiger partial charge in [-0.1, -0.05) is 26.0 Å². The third kappa shape index (κ3) is 8.30. The SMILES string of the molecule is CCOc1ccc2nc(C(F)(F)F)c(O[C@@H]3C[C@H]4C(=O)N[C@]5(C(=O)NS(=O)(=O)C6(C)CC6)C[C@H]5C=CCC[C@H](C)C[C@@H](C)[C@H](NC(=O)O)C(=O)N4C3)nc2c1. The van der Waals surface area contributed by atoms with E-state index in [0.29, 0.717) is 37.9 Å². The molecule has 300 valence electrons. The van der Waals surface area contributed by atoms with Crippen LogP contribution < -0.4 is 24.8 Å². The Labute approximate surface area is 315 Å². The summed E-state index contributed by atoms with van der Waals surface area (Å²) in [7, 11) is -4.11. The minimum absolute atomic E-state index is 0.00749. The number of nitrogens with one attached hydrogen (secondary N) is 3. The van der Waals surface area contributed by atoms with Gasteiger partial charge in [0, 0.05) is 18.4 Å². The molecule has 0 radical (unpaired) electrons. The summed E-state index contributed by atoms with van der Waals surface area (Å²) in [6.07, 6.45) is -2.22. The molecule has 2 aliphatic heterocycles. The highest BCUT2D eigenvalue weighted by molar-refractivity contribution is 7.91. The zero-order valence-corrected chi connectivity index (χ0v) is 31.6. The van der Waals surface area contributed by atoms with Gasteiger partial charge < -0.3 is 30.1 Å². The number of nitrogens with zero attached hydrogens (tertiary/aromatic N) is 3. The Hall–Kier alpha value is -4.68. The van der Waals surface area contributed by atoms with Crippen molar-refractivity contribution in [2.45, 2.75) is 107 Å². The van der Waals surface area contributed by atoms with Crippen LogP contribution in [0.5, 0.6) is 11.6 Å². The summed E-state index contributed by atoms with van der Waals surface area (Å²) in [5, 5.41) is 14.7. The number of amides is 4. The van der Waals surface area contributed by atoms with E-state index >= 15 is 0 Å². The number of alkyl halides is 3. The van der Waals surface area contributed by atoms with Crippen molar-refractivity contribution in [1.29, 1.82) is 0 Å².